The minimum Gasteiger partial charge on any atom is -0.295 e. The van der Waals surface area contributed by atoms with Crippen LogP contribution in [0.1, 0.15) is 21.5 Å². The summed E-state index contributed by atoms with van der Waals surface area (Å²) in [7, 11) is 0. The van der Waals surface area contributed by atoms with E-state index in [1.165, 1.54) is 0 Å². The van der Waals surface area contributed by atoms with Gasteiger partial charge in [-0.3, -0.25) is 19.9 Å². The summed E-state index contributed by atoms with van der Waals surface area (Å²) in [6, 6.07) is 16.0. The zero-order valence-electron chi connectivity index (χ0n) is 10.7. The number of amides is 2. The van der Waals surface area contributed by atoms with E-state index in [-0.39, 0.29) is 18.2 Å². The molecule has 4 nitrogen and oxygen atoms in total. The highest BCUT2D eigenvalue weighted by Gasteiger charge is 2.34. The number of nitrogens with one attached hydrogen (secondary N) is 1. The van der Waals surface area contributed by atoms with Crippen molar-refractivity contribution in [2.75, 3.05) is 0 Å². The predicted octanol–water partition coefficient (Wildman–Crippen LogP) is 2.24. The summed E-state index contributed by atoms with van der Waals surface area (Å²) in [5, 5.41) is 7.92. The lowest BCUT2D eigenvalue weighted by Crippen LogP contribution is -2.45. The molecule has 1 aliphatic rings. The summed E-state index contributed by atoms with van der Waals surface area (Å²) in [6.07, 6.45) is 0. The summed E-state index contributed by atoms with van der Waals surface area (Å²) in [5.74, 6) is -0.886. The van der Waals surface area contributed by atoms with Crippen molar-refractivity contribution in [3.05, 3.63) is 71.3 Å². The van der Waals surface area contributed by atoms with Gasteiger partial charge < -0.3 is 0 Å². The first-order valence-electron chi connectivity index (χ1n) is 6.26. The Morgan fingerprint density at radius 3 is 2.10 bits per heavy atom. The number of hydrogen-bond donors (Lipinski definition) is 1. The van der Waals surface area contributed by atoms with Gasteiger partial charge in [0.15, 0.2) is 0 Å². The van der Waals surface area contributed by atoms with Gasteiger partial charge in [0.05, 0.1) is 6.54 Å². The monoisotopic (exact) mass is 264 g/mol. The van der Waals surface area contributed by atoms with Crippen molar-refractivity contribution in [3.63, 3.8) is 0 Å². The molecule has 20 heavy (non-hydrogen) atoms. The van der Waals surface area contributed by atoms with E-state index in [4.69, 9.17) is 5.41 Å². The average Bonchev–Trinajstić information content (AvgIpc) is 2.50. The van der Waals surface area contributed by atoms with Crippen LogP contribution in [0.15, 0.2) is 54.6 Å². The molecule has 0 aliphatic carbocycles. The van der Waals surface area contributed by atoms with Crippen molar-refractivity contribution in [2.24, 2.45) is 0 Å². The van der Waals surface area contributed by atoms with Gasteiger partial charge in [0.1, 0.15) is 5.71 Å². The molecule has 2 aromatic rings. The molecule has 0 atom stereocenters. The molecule has 1 N–H and O–H groups in total. The number of rotatable bonds is 2. The minimum atomic E-state index is -0.544. The number of nitrogens with zero attached hydrogens (tertiary/aromatic N) is 1. The second-order valence-electron chi connectivity index (χ2n) is 4.60. The number of carbonyl (C=O) groups excluding carboxylic acids is 2. The largest absolute Gasteiger partial charge is 0.295 e. The van der Waals surface area contributed by atoms with Crippen LogP contribution in [0.2, 0.25) is 0 Å². The van der Waals surface area contributed by atoms with Crippen LogP contribution in [0.3, 0.4) is 0 Å². The smallest absolute Gasteiger partial charge is 0.279 e. The van der Waals surface area contributed by atoms with E-state index < -0.39 is 5.91 Å². The van der Waals surface area contributed by atoms with E-state index >= 15 is 0 Å². The van der Waals surface area contributed by atoms with Crippen molar-refractivity contribution in [3.8, 4) is 0 Å². The van der Waals surface area contributed by atoms with E-state index in [0.717, 1.165) is 10.5 Å². The third kappa shape index (κ3) is 1.91. The molecule has 3 rings (SSSR count). The summed E-state index contributed by atoms with van der Waals surface area (Å²) in [5.41, 5.74) is 1.55. The zero-order chi connectivity index (χ0) is 14.1. The molecule has 0 saturated carbocycles. The lowest BCUT2D eigenvalue weighted by Gasteiger charge is -2.27. The maximum atomic E-state index is 12.4. The highest BCUT2D eigenvalue weighted by molar-refractivity contribution is 6.50. The zero-order valence-corrected chi connectivity index (χ0v) is 10.7. The standard InChI is InChI=1S/C16H12N2O2/c17-14-12-8-4-5-9-13(12)15(19)18(16(14)20)10-11-6-2-1-3-7-11/h1-9,17H,10H2. The van der Waals surface area contributed by atoms with E-state index in [1.807, 2.05) is 30.3 Å². The molecule has 0 radical (unpaired) electrons. The van der Waals surface area contributed by atoms with Crippen LogP contribution in [-0.2, 0) is 11.3 Å². The van der Waals surface area contributed by atoms with Gasteiger partial charge in [-0.2, -0.15) is 0 Å². The molecule has 0 bridgehead atoms. The van der Waals surface area contributed by atoms with Gasteiger partial charge in [-0.25, -0.2) is 0 Å². The van der Waals surface area contributed by atoms with Crippen molar-refractivity contribution in [2.45, 2.75) is 6.54 Å². The molecular formula is C16H12N2O2. The third-order valence-corrected chi connectivity index (χ3v) is 3.31. The average molecular weight is 264 g/mol. The normalized spacial score (nSPS) is 14.4. The Bertz CT molecular complexity index is 707. The van der Waals surface area contributed by atoms with Crippen LogP contribution in [0.4, 0.5) is 0 Å². The summed E-state index contributed by atoms with van der Waals surface area (Å²) in [4.78, 5) is 25.7. The predicted molar refractivity (Wildman–Crippen MR) is 74.6 cm³/mol. The van der Waals surface area contributed by atoms with Crippen molar-refractivity contribution < 1.29 is 9.59 Å². The molecule has 0 saturated heterocycles. The van der Waals surface area contributed by atoms with E-state index in [9.17, 15) is 9.59 Å². The van der Waals surface area contributed by atoms with Crippen LogP contribution in [0.5, 0.6) is 0 Å². The maximum Gasteiger partial charge on any atom is 0.279 e. The Hall–Kier alpha value is -2.75. The molecule has 2 amide bonds. The summed E-state index contributed by atoms with van der Waals surface area (Å²) < 4.78 is 0. The second kappa shape index (κ2) is 4.74. The second-order valence-corrected chi connectivity index (χ2v) is 4.60. The van der Waals surface area contributed by atoms with Crippen molar-refractivity contribution in [1.82, 2.24) is 4.90 Å². The van der Waals surface area contributed by atoms with Crippen LogP contribution in [0.25, 0.3) is 0 Å². The molecule has 0 spiro atoms. The number of imide groups is 1. The lowest BCUT2D eigenvalue weighted by molar-refractivity contribution is -0.122. The first-order chi connectivity index (χ1) is 9.68. The Labute approximate surface area is 116 Å². The van der Waals surface area contributed by atoms with Gasteiger partial charge in [0.2, 0.25) is 0 Å². The highest BCUT2D eigenvalue weighted by atomic mass is 16.2. The van der Waals surface area contributed by atoms with Gasteiger partial charge in [0, 0.05) is 11.1 Å². The molecule has 1 heterocycles. The molecule has 0 fully saturated rings. The highest BCUT2D eigenvalue weighted by Crippen LogP contribution is 2.21. The molecule has 98 valence electrons. The fourth-order valence-electron chi connectivity index (χ4n) is 2.29. The molecule has 2 aromatic carbocycles. The quantitative estimate of drug-likeness (QED) is 0.845. The van der Waals surface area contributed by atoms with Gasteiger partial charge in [-0.15, -0.1) is 0 Å². The SMILES string of the molecule is N=C1C(=O)N(Cc2ccccc2)C(=O)c2ccccc21. The van der Waals surface area contributed by atoms with Crippen molar-refractivity contribution in [1.29, 1.82) is 5.41 Å². The van der Waals surface area contributed by atoms with Crippen molar-refractivity contribution >= 4 is 17.5 Å². The number of fused-ring (bicyclic) bond motifs is 1. The molecule has 4 heteroatoms. The number of benzene rings is 2. The van der Waals surface area contributed by atoms with Crippen LogP contribution >= 0.6 is 0 Å². The van der Waals surface area contributed by atoms with Gasteiger partial charge >= 0.3 is 0 Å². The van der Waals surface area contributed by atoms with E-state index in [1.54, 1.807) is 24.3 Å². The topological polar surface area (TPSA) is 61.2 Å². The first kappa shape index (κ1) is 12.3. The Balaban J connectivity index is 2.00. The Morgan fingerprint density at radius 1 is 0.800 bits per heavy atom. The maximum absolute atomic E-state index is 12.4. The molecule has 0 unspecified atom stereocenters. The number of carbonyl (C=O) groups is 2. The third-order valence-electron chi connectivity index (χ3n) is 3.31. The van der Waals surface area contributed by atoms with Crippen LogP contribution in [0, 0.1) is 5.41 Å². The van der Waals surface area contributed by atoms with Gasteiger partial charge in [-0.05, 0) is 11.6 Å². The molecule has 1 aliphatic heterocycles. The fraction of sp³-hybridized carbons (Fsp3) is 0.0625. The summed E-state index contributed by atoms with van der Waals surface area (Å²) in [6.45, 7) is 0.190. The van der Waals surface area contributed by atoms with Gasteiger partial charge in [-0.1, -0.05) is 48.5 Å². The number of hydrogen-bond acceptors (Lipinski definition) is 3. The Kier molecular flexibility index (Phi) is 2.91. The fourth-order valence-corrected chi connectivity index (χ4v) is 2.29. The van der Waals surface area contributed by atoms with Crippen LogP contribution < -0.4 is 0 Å². The lowest BCUT2D eigenvalue weighted by atomic mass is 9.96. The van der Waals surface area contributed by atoms with Gasteiger partial charge in [0.25, 0.3) is 11.8 Å². The Morgan fingerprint density at radius 2 is 1.40 bits per heavy atom. The molecular weight excluding hydrogens is 252 g/mol. The van der Waals surface area contributed by atoms with E-state index in [0.29, 0.717) is 11.1 Å². The minimum absolute atomic E-state index is 0.129. The van der Waals surface area contributed by atoms with E-state index in [2.05, 4.69) is 0 Å². The van der Waals surface area contributed by atoms with Crippen LogP contribution in [-0.4, -0.2) is 22.4 Å². The molecule has 0 aromatic heterocycles. The summed E-state index contributed by atoms with van der Waals surface area (Å²) >= 11 is 0. The first-order valence-corrected chi connectivity index (χ1v) is 6.26.